The Bertz CT molecular complexity index is 635. The number of rotatable bonds is 3. The molecule has 3 nitrogen and oxygen atoms in total. The molecule has 104 valence electrons. The lowest BCUT2D eigenvalue weighted by Gasteiger charge is -2.17. The van der Waals surface area contributed by atoms with Crippen LogP contribution < -0.4 is 11.1 Å². The third kappa shape index (κ3) is 2.99. The Balaban J connectivity index is 2.15. The van der Waals surface area contributed by atoms with Gasteiger partial charge >= 0.3 is 0 Å². The highest BCUT2D eigenvalue weighted by atomic mass is 16.1. The van der Waals surface area contributed by atoms with Crippen molar-refractivity contribution >= 4 is 11.6 Å². The first kappa shape index (κ1) is 14.1. The molecule has 0 unspecified atom stereocenters. The summed E-state index contributed by atoms with van der Waals surface area (Å²) in [6, 6.07) is 13.4. The predicted octanol–water partition coefficient (Wildman–Crippen LogP) is 3.38. The van der Waals surface area contributed by atoms with Crippen molar-refractivity contribution < 1.29 is 4.79 Å². The summed E-state index contributed by atoms with van der Waals surface area (Å²) in [6.45, 7) is 5.94. The number of hydrogen-bond acceptors (Lipinski definition) is 2. The van der Waals surface area contributed by atoms with E-state index in [1.807, 2.05) is 51.1 Å². The lowest BCUT2D eigenvalue weighted by atomic mass is 10.0. The van der Waals surface area contributed by atoms with Gasteiger partial charge in [0.1, 0.15) is 0 Å². The van der Waals surface area contributed by atoms with Gasteiger partial charge in [-0.2, -0.15) is 0 Å². The molecule has 20 heavy (non-hydrogen) atoms. The molecule has 0 saturated heterocycles. The second kappa shape index (κ2) is 5.78. The number of amides is 1. The second-order valence-corrected chi connectivity index (χ2v) is 5.12. The molecule has 2 aromatic carbocycles. The topological polar surface area (TPSA) is 55.1 Å². The van der Waals surface area contributed by atoms with Crippen LogP contribution in [0.25, 0.3) is 0 Å². The quantitative estimate of drug-likeness (QED) is 0.838. The van der Waals surface area contributed by atoms with Gasteiger partial charge in [0.2, 0.25) is 0 Å². The fourth-order valence-electron chi connectivity index (χ4n) is 2.25. The highest BCUT2D eigenvalue weighted by molar-refractivity contribution is 5.95. The Kier molecular flexibility index (Phi) is 4.08. The summed E-state index contributed by atoms with van der Waals surface area (Å²) in [7, 11) is 0. The van der Waals surface area contributed by atoms with E-state index in [-0.39, 0.29) is 11.9 Å². The van der Waals surface area contributed by atoms with Crippen LogP contribution in [0.2, 0.25) is 0 Å². The van der Waals surface area contributed by atoms with Crippen molar-refractivity contribution in [2.45, 2.75) is 26.8 Å². The standard InChI is InChI=1S/C17H20N2O/c1-11-6-4-5-7-15(11)13(3)19-17(20)14-8-9-16(18)12(2)10-14/h4-10,13H,18H2,1-3H3,(H,19,20)/t13-/m1/s1. The SMILES string of the molecule is Cc1cc(C(=O)N[C@H](C)c2ccccc2C)ccc1N. The maximum absolute atomic E-state index is 12.3. The molecule has 3 N–H and O–H groups in total. The third-order valence-electron chi connectivity index (χ3n) is 3.53. The van der Waals surface area contributed by atoms with Crippen LogP contribution in [-0.2, 0) is 0 Å². The number of benzene rings is 2. The number of nitrogens with one attached hydrogen (secondary N) is 1. The van der Waals surface area contributed by atoms with Crippen LogP contribution in [0.15, 0.2) is 42.5 Å². The average molecular weight is 268 g/mol. The maximum Gasteiger partial charge on any atom is 0.251 e. The van der Waals surface area contributed by atoms with Crippen molar-refractivity contribution in [3.8, 4) is 0 Å². The normalized spacial score (nSPS) is 11.9. The van der Waals surface area contributed by atoms with Gasteiger partial charge in [0.15, 0.2) is 0 Å². The Labute approximate surface area is 119 Å². The molecule has 0 heterocycles. The second-order valence-electron chi connectivity index (χ2n) is 5.12. The van der Waals surface area contributed by atoms with Gasteiger partial charge in [-0.3, -0.25) is 4.79 Å². The first-order valence-electron chi connectivity index (χ1n) is 6.71. The molecule has 1 atom stereocenters. The zero-order chi connectivity index (χ0) is 14.7. The van der Waals surface area contributed by atoms with Crippen LogP contribution in [0, 0.1) is 13.8 Å². The predicted molar refractivity (Wildman–Crippen MR) is 82.7 cm³/mol. The molecule has 0 saturated carbocycles. The molecule has 0 aliphatic heterocycles. The van der Waals surface area contributed by atoms with Gasteiger partial charge < -0.3 is 11.1 Å². The van der Waals surface area contributed by atoms with Crippen molar-refractivity contribution in [2.24, 2.45) is 0 Å². The van der Waals surface area contributed by atoms with E-state index >= 15 is 0 Å². The molecular weight excluding hydrogens is 248 g/mol. The summed E-state index contributed by atoms with van der Waals surface area (Å²) in [5, 5.41) is 3.02. The Hall–Kier alpha value is -2.29. The number of carbonyl (C=O) groups excluding carboxylic acids is 1. The monoisotopic (exact) mass is 268 g/mol. The minimum Gasteiger partial charge on any atom is -0.399 e. The van der Waals surface area contributed by atoms with Gasteiger partial charge in [0, 0.05) is 11.3 Å². The summed E-state index contributed by atoms with van der Waals surface area (Å²) >= 11 is 0. The number of nitrogens with two attached hydrogens (primary N) is 1. The number of aryl methyl sites for hydroxylation is 2. The third-order valence-corrected chi connectivity index (χ3v) is 3.53. The highest BCUT2D eigenvalue weighted by Gasteiger charge is 2.13. The summed E-state index contributed by atoms with van der Waals surface area (Å²) in [6.07, 6.45) is 0. The molecule has 0 spiro atoms. The largest absolute Gasteiger partial charge is 0.399 e. The van der Waals surface area contributed by atoms with Crippen molar-refractivity contribution in [3.05, 3.63) is 64.7 Å². The van der Waals surface area contributed by atoms with Gasteiger partial charge in [0.25, 0.3) is 5.91 Å². The molecule has 1 amide bonds. The first-order chi connectivity index (χ1) is 9.49. The first-order valence-corrected chi connectivity index (χ1v) is 6.71. The van der Waals surface area contributed by atoms with Crippen LogP contribution >= 0.6 is 0 Å². The van der Waals surface area contributed by atoms with E-state index in [0.29, 0.717) is 11.3 Å². The smallest absolute Gasteiger partial charge is 0.251 e. The van der Waals surface area contributed by atoms with Gasteiger partial charge in [-0.25, -0.2) is 0 Å². The van der Waals surface area contributed by atoms with Crippen LogP contribution in [0.3, 0.4) is 0 Å². The molecular formula is C17H20N2O. The lowest BCUT2D eigenvalue weighted by Crippen LogP contribution is -2.27. The van der Waals surface area contributed by atoms with E-state index in [9.17, 15) is 4.79 Å². The van der Waals surface area contributed by atoms with Crippen LogP contribution in [0.5, 0.6) is 0 Å². The Morgan fingerprint density at radius 2 is 1.80 bits per heavy atom. The van der Waals surface area contributed by atoms with Gasteiger partial charge in [0.05, 0.1) is 6.04 Å². The number of hydrogen-bond donors (Lipinski definition) is 2. The zero-order valence-electron chi connectivity index (χ0n) is 12.1. The molecule has 0 aromatic heterocycles. The minimum absolute atomic E-state index is 0.0263. The van der Waals surface area contributed by atoms with E-state index in [0.717, 1.165) is 11.1 Å². The molecule has 0 radical (unpaired) electrons. The van der Waals surface area contributed by atoms with Gasteiger partial charge in [-0.15, -0.1) is 0 Å². The fraction of sp³-hybridized carbons (Fsp3) is 0.235. The van der Waals surface area contributed by atoms with E-state index in [1.54, 1.807) is 12.1 Å². The van der Waals surface area contributed by atoms with Crippen molar-refractivity contribution in [1.82, 2.24) is 5.32 Å². The number of carbonyl (C=O) groups is 1. The molecule has 0 bridgehead atoms. The van der Waals surface area contributed by atoms with Crippen molar-refractivity contribution in [1.29, 1.82) is 0 Å². The van der Waals surface area contributed by atoms with Crippen LogP contribution in [0.1, 0.15) is 40.0 Å². The van der Waals surface area contributed by atoms with E-state index in [1.165, 1.54) is 5.56 Å². The summed E-state index contributed by atoms with van der Waals surface area (Å²) in [5.74, 6) is -0.0798. The molecule has 2 aromatic rings. The minimum atomic E-state index is -0.0798. The van der Waals surface area contributed by atoms with Crippen LogP contribution in [-0.4, -0.2) is 5.91 Å². The van der Waals surface area contributed by atoms with Crippen LogP contribution in [0.4, 0.5) is 5.69 Å². The van der Waals surface area contributed by atoms with E-state index in [4.69, 9.17) is 5.73 Å². The zero-order valence-corrected chi connectivity index (χ0v) is 12.1. The molecule has 0 aliphatic rings. The highest BCUT2D eigenvalue weighted by Crippen LogP contribution is 2.18. The van der Waals surface area contributed by atoms with Crippen molar-refractivity contribution in [2.75, 3.05) is 5.73 Å². The van der Waals surface area contributed by atoms with E-state index in [2.05, 4.69) is 5.32 Å². The maximum atomic E-state index is 12.3. The Morgan fingerprint density at radius 3 is 2.45 bits per heavy atom. The molecule has 3 heteroatoms. The lowest BCUT2D eigenvalue weighted by molar-refractivity contribution is 0.0940. The van der Waals surface area contributed by atoms with Gasteiger partial charge in [-0.1, -0.05) is 24.3 Å². The average Bonchev–Trinajstić information content (AvgIpc) is 2.42. The number of nitrogen functional groups attached to an aromatic ring is 1. The van der Waals surface area contributed by atoms with Crippen molar-refractivity contribution in [3.63, 3.8) is 0 Å². The molecule has 0 fully saturated rings. The summed E-state index contributed by atoms with van der Waals surface area (Å²) in [4.78, 5) is 12.3. The summed E-state index contributed by atoms with van der Waals surface area (Å²) < 4.78 is 0. The van der Waals surface area contributed by atoms with Gasteiger partial charge in [-0.05, 0) is 55.7 Å². The van der Waals surface area contributed by atoms with E-state index < -0.39 is 0 Å². The number of anilines is 1. The Morgan fingerprint density at radius 1 is 1.10 bits per heavy atom. The molecule has 2 rings (SSSR count). The summed E-state index contributed by atoms with van der Waals surface area (Å²) in [5.41, 5.74) is 10.3. The fourth-order valence-corrected chi connectivity index (χ4v) is 2.25. The molecule has 0 aliphatic carbocycles.